The molecule has 3 rings (SSSR count). The predicted molar refractivity (Wildman–Crippen MR) is 89.7 cm³/mol. The monoisotopic (exact) mass is 278 g/mol. The van der Waals surface area contributed by atoms with Crippen LogP contribution >= 0.6 is 0 Å². The van der Waals surface area contributed by atoms with Crippen LogP contribution in [0.5, 0.6) is 0 Å². The van der Waals surface area contributed by atoms with Crippen LogP contribution in [0.15, 0.2) is 48.7 Å². The summed E-state index contributed by atoms with van der Waals surface area (Å²) < 4.78 is 0. The topological polar surface area (TPSA) is 41.8 Å². The van der Waals surface area contributed by atoms with Crippen molar-refractivity contribution in [3.8, 4) is 0 Å². The highest BCUT2D eigenvalue weighted by Crippen LogP contribution is 2.28. The number of hydrogen-bond acceptors (Lipinski definition) is 1. The van der Waals surface area contributed by atoms with Crippen molar-refractivity contribution in [1.82, 2.24) is 4.98 Å². The minimum Gasteiger partial charge on any atom is -0.361 e. The predicted octanol–water partition coefficient (Wildman–Crippen LogP) is 4.07. The lowest BCUT2D eigenvalue weighted by Gasteiger charge is -2.15. The Bertz CT molecular complexity index is 738. The van der Waals surface area contributed by atoms with Crippen LogP contribution in [0.25, 0.3) is 10.9 Å². The standard InChI is InChI=1S/C19H22N2/c1-13-3-6-15(7-4-13)10-16(11-20)18-12-21-19-8-5-14(2)9-17(18)19/h3-9,12,16,21H,10-11,20H2,1-2H3. The molecule has 21 heavy (non-hydrogen) atoms. The number of nitrogens with two attached hydrogens (primary N) is 1. The first-order valence-electron chi connectivity index (χ1n) is 7.50. The van der Waals surface area contributed by atoms with Gasteiger partial charge in [-0.1, -0.05) is 41.5 Å². The molecule has 0 saturated heterocycles. The van der Waals surface area contributed by atoms with Gasteiger partial charge in [0.2, 0.25) is 0 Å². The molecule has 0 aliphatic rings. The zero-order chi connectivity index (χ0) is 14.8. The Kier molecular flexibility index (Phi) is 3.80. The van der Waals surface area contributed by atoms with Gasteiger partial charge in [-0.3, -0.25) is 0 Å². The van der Waals surface area contributed by atoms with E-state index in [1.165, 1.54) is 33.2 Å². The summed E-state index contributed by atoms with van der Waals surface area (Å²) in [7, 11) is 0. The molecule has 0 fully saturated rings. The van der Waals surface area contributed by atoms with Crippen molar-refractivity contribution in [2.24, 2.45) is 5.73 Å². The second kappa shape index (κ2) is 5.74. The van der Waals surface area contributed by atoms with E-state index in [1.54, 1.807) is 0 Å². The number of aromatic nitrogens is 1. The molecule has 1 unspecified atom stereocenters. The van der Waals surface area contributed by atoms with Gasteiger partial charge in [-0.15, -0.1) is 0 Å². The SMILES string of the molecule is Cc1ccc(CC(CN)c2c[nH]c3ccc(C)cc23)cc1. The molecule has 0 bridgehead atoms. The minimum atomic E-state index is 0.350. The molecule has 1 atom stereocenters. The zero-order valence-corrected chi connectivity index (χ0v) is 12.7. The molecule has 0 aliphatic carbocycles. The first-order valence-corrected chi connectivity index (χ1v) is 7.50. The number of benzene rings is 2. The Morgan fingerprint density at radius 2 is 1.71 bits per heavy atom. The average Bonchev–Trinajstić information content (AvgIpc) is 2.89. The molecule has 0 aliphatic heterocycles. The molecule has 0 amide bonds. The lowest BCUT2D eigenvalue weighted by Crippen LogP contribution is -2.14. The Balaban J connectivity index is 1.94. The fourth-order valence-electron chi connectivity index (χ4n) is 2.92. The lowest BCUT2D eigenvalue weighted by atomic mass is 9.91. The van der Waals surface area contributed by atoms with Gasteiger partial charge in [-0.05, 0) is 50.1 Å². The van der Waals surface area contributed by atoms with Crippen molar-refractivity contribution >= 4 is 10.9 Å². The van der Waals surface area contributed by atoms with Gasteiger partial charge in [-0.2, -0.15) is 0 Å². The fraction of sp³-hybridized carbons (Fsp3) is 0.263. The summed E-state index contributed by atoms with van der Waals surface area (Å²) in [6.07, 6.45) is 3.10. The molecular weight excluding hydrogens is 256 g/mol. The summed E-state index contributed by atoms with van der Waals surface area (Å²) in [5.74, 6) is 0.350. The number of rotatable bonds is 4. The minimum absolute atomic E-state index is 0.350. The van der Waals surface area contributed by atoms with Crippen LogP contribution in [0.3, 0.4) is 0 Å². The quantitative estimate of drug-likeness (QED) is 0.742. The van der Waals surface area contributed by atoms with Crippen LogP contribution in [0.2, 0.25) is 0 Å². The van der Waals surface area contributed by atoms with Crippen molar-refractivity contribution in [1.29, 1.82) is 0 Å². The third-order valence-electron chi connectivity index (χ3n) is 4.20. The van der Waals surface area contributed by atoms with E-state index in [1.807, 2.05) is 0 Å². The Labute approximate surface area is 126 Å². The second-order valence-electron chi connectivity index (χ2n) is 5.92. The maximum absolute atomic E-state index is 6.06. The lowest BCUT2D eigenvalue weighted by molar-refractivity contribution is 0.699. The molecule has 0 saturated carbocycles. The van der Waals surface area contributed by atoms with Crippen molar-refractivity contribution in [2.75, 3.05) is 6.54 Å². The Morgan fingerprint density at radius 1 is 1.00 bits per heavy atom. The highest BCUT2D eigenvalue weighted by Gasteiger charge is 2.15. The first-order chi connectivity index (χ1) is 10.2. The van der Waals surface area contributed by atoms with E-state index >= 15 is 0 Å². The van der Waals surface area contributed by atoms with Gasteiger partial charge in [0.25, 0.3) is 0 Å². The van der Waals surface area contributed by atoms with Gasteiger partial charge in [0.05, 0.1) is 0 Å². The van der Waals surface area contributed by atoms with Gasteiger partial charge in [0, 0.05) is 23.0 Å². The van der Waals surface area contributed by atoms with Crippen molar-refractivity contribution < 1.29 is 0 Å². The summed E-state index contributed by atoms with van der Waals surface area (Å²) >= 11 is 0. The van der Waals surface area contributed by atoms with Gasteiger partial charge in [-0.25, -0.2) is 0 Å². The number of H-pyrrole nitrogens is 1. The molecule has 0 spiro atoms. The van der Waals surface area contributed by atoms with Crippen molar-refractivity contribution in [3.63, 3.8) is 0 Å². The van der Waals surface area contributed by atoms with E-state index < -0.39 is 0 Å². The first kappa shape index (κ1) is 13.9. The molecule has 2 aromatic carbocycles. The van der Waals surface area contributed by atoms with Crippen LogP contribution in [0, 0.1) is 13.8 Å². The fourth-order valence-corrected chi connectivity index (χ4v) is 2.92. The Hall–Kier alpha value is -2.06. The highest BCUT2D eigenvalue weighted by atomic mass is 14.7. The summed E-state index contributed by atoms with van der Waals surface area (Å²) in [6.45, 7) is 4.91. The number of aryl methyl sites for hydroxylation is 2. The molecule has 2 nitrogen and oxygen atoms in total. The maximum atomic E-state index is 6.06. The molecule has 2 heteroatoms. The molecule has 0 radical (unpaired) electrons. The summed E-state index contributed by atoms with van der Waals surface area (Å²) in [6, 6.07) is 15.3. The molecule has 1 heterocycles. The number of fused-ring (bicyclic) bond motifs is 1. The zero-order valence-electron chi connectivity index (χ0n) is 12.7. The van der Waals surface area contributed by atoms with Crippen LogP contribution in [0.4, 0.5) is 0 Å². The molecule has 108 valence electrons. The van der Waals surface area contributed by atoms with Crippen LogP contribution in [-0.4, -0.2) is 11.5 Å². The van der Waals surface area contributed by atoms with Gasteiger partial charge < -0.3 is 10.7 Å². The van der Waals surface area contributed by atoms with Crippen molar-refractivity contribution in [3.05, 3.63) is 70.9 Å². The molecule has 1 aromatic heterocycles. The summed E-state index contributed by atoms with van der Waals surface area (Å²) in [5, 5.41) is 1.30. The van der Waals surface area contributed by atoms with Gasteiger partial charge in [0.15, 0.2) is 0 Å². The van der Waals surface area contributed by atoms with Crippen LogP contribution < -0.4 is 5.73 Å². The second-order valence-corrected chi connectivity index (χ2v) is 5.92. The normalized spacial score (nSPS) is 12.7. The van der Waals surface area contributed by atoms with Crippen LogP contribution in [0.1, 0.15) is 28.2 Å². The molecule has 3 aromatic rings. The largest absolute Gasteiger partial charge is 0.361 e. The number of aromatic amines is 1. The van der Waals surface area contributed by atoms with Gasteiger partial charge >= 0.3 is 0 Å². The van der Waals surface area contributed by atoms with E-state index in [9.17, 15) is 0 Å². The Morgan fingerprint density at radius 3 is 2.43 bits per heavy atom. The average molecular weight is 278 g/mol. The number of hydrogen-bond donors (Lipinski definition) is 2. The maximum Gasteiger partial charge on any atom is 0.0457 e. The number of nitrogens with one attached hydrogen (secondary N) is 1. The van der Waals surface area contributed by atoms with E-state index in [-0.39, 0.29) is 0 Å². The molecule has 3 N–H and O–H groups in total. The van der Waals surface area contributed by atoms with E-state index in [4.69, 9.17) is 5.73 Å². The smallest absolute Gasteiger partial charge is 0.0457 e. The van der Waals surface area contributed by atoms with E-state index in [2.05, 4.69) is 67.5 Å². The summed E-state index contributed by atoms with van der Waals surface area (Å²) in [4.78, 5) is 3.37. The molecular formula is C19H22N2. The van der Waals surface area contributed by atoms with E-state index in [0.29, 0.717) is 12.5 Å². The third kappa shape index (κ3) is 2.86. The summed E-state index contributed by atoms with van der Waals surface area (Å²) in [5.41, 5.74) is 12.5. The van der Waals surface area contributed by atoms with Crippen LogP contribution in [-0.2, 0) is 6.42 Å². The van der Waals surface area contributed by atoms with Crippen molar-refractivity contribution in [2.45, 2.75) is 26.2 Å². The van der Waals surface area contributed by atoms with Gasteiger partial charge in [0.1, 0.15) is 0 Å². The third-order valence-corrected chi connectivity index (χ3v) is 4.20. The van der Waals surface area contributed by atoms with E-state index in [0.717, 1.165) is 6.42 Å². The highest BCUT2D eigenvalue weighted by molar-refractivity contribution is 5.84.